The molecule has 5 nitrogen and oxygen atoms in total. The van der Waals surface area contributed by atoms with Crippen molar-refractivity contribution in [2.75, 3.05) is 11.5 Å². The van der Waals surface area contributed by atoms with E-state index in [4.69, 9.17) is 4.42 Å². The second kappa shape index (κ2) is 4.68. The Bertz CT molecular complexity index is 534. The highest BCUT2D eigenvalue weighted by atomic mass is 32.2. The van der Waals surface area contributed by atoms with E-state index in [1.807, 2.05) is 26.8 Å². The smallest absolute Gasteiger partial charge is 0.154 e. The molecule has 102 valence electrons. The molecule has 2 rings (SSSR count). The third-order valence-electron chi connectivity index (χ3n) is 3.33. The molecule has 0 bridgehead atoms. The van der Waals surface area contributed by atoms with Crippen molar-refractivity contribution in [1.29, 1.82) is 0 Å². The van der Waals surface area contributed by atoms with Gasteiger partial charge in [0.25, 0.3) is 0 Å². The number of furan rings is 1. The third-order valence-corrected chi connectivity index (χ3v) is 5.05. The number of aliphatic hydroxyl groups excluding tert-OH is 1. The zero-order chi connectivity index (χ0) is 13.5. The van der Waals surface area contributed by atoms with Gasteiger partial charge in [-0.25, -0.2) is 8.42 Å². The first-order chi connectivity index (χ1) is 8.28. The molecule has 1 aromatic rings. The van der Waals surface area contributed by atoms with Gasteiger partial charge in [0, 0.05) is 17.6 Å². The maximum atomic E-state index is 11.4. The highest BCUT2D eigenvalue weighted by Gasteiger charge is 2.37. The first kappa shape index (κ1) is 13.6. The highest BCUT2D eigenvalue weighted by Crippen LogP contribution is 2.23. The zero-order valence-electron chi connectivity index (χ0n) is 10.8. The van der Waals surface area contributed by atoms with E-state index in [2.05, 4.69) is 5.32 Å². The van der Waals surface area contributed by atoms with E-state index in [1.165, 1.54) is 0 Å². The summed E-state index contributed by atoms with van der Waals surface area (Å²) >= 11 is 0. The average Bonchev–Trinajstić information content (AvgIpc) is 2.66. The lowest BCUT2D eigenvalue weighted by Gasteiger charge is -2.20. The summed E-state index contributed by atoms with van der Waals surface area (Å²) in [4.78, 5) is 0. The molecule has 1 aromatic heterocycles. The van der Waals surface area contributed by atoms with Gasteiger partial charge >= 0.3 is 0 Å². The van der Waals surface area contributed by atoms with Gasteiger partial charge < -0.3 is 14.8 Å². The Balaban J connectivity index is 2.08. The van der Waals surface area contributed by atoms with Gasteiger partial charge in [-0.05, 0) is 26.8 Å². The average molecular weight is 273 g/mol. The number of rotatable bonds is 3. The minimum atomic E-state index is -3.11. The molecule has 1 fully saturated rings. The van der Waals surface area contributed by atoms with Crippen LogP contribution in [0.4, 0.5) is 0 Å². The van der Waals surface area contributed by atoms with Crippen LogP contribution in [0.15, 0.2) is 10.5 Å². The quantitative estimate of drug-likeness (QED) is 0.847. The van der Waals surface area contributed by atoms with Crippen LogP contribution in [-0.4, -0.2) is 37.2 Å². The highest BCUT2D eigenvalue weighted by molar-refractivity contribution is 7.91. The number of aryl methyl sites for hydroxylation is 2. The van der Waals surface area contributed by atoms with Crippen LogP contribution in [0.2, 0.25) is 0 Å². The van der Waals surface area contributed by atoms with E-state index in [-0.39, 0.29) is 17.5 Å². The molecule has 3 atom stereocenters. The topological polar surface area (TPSA) is 79.5 Å². The van der Waals surface area contributed by atoms with Crippen molar-refractivity contribution in [2.45, 2.75) is 39.0 Å². The SMILES string of the molecule is Cc1cc(C(C)NC2CS(=O)(=O)CC2O)c(C)o1. The fourth-order valence-electron chi connectivity index (χ4n) is 2.48. The minimum absolute atomic E-state index is 0.00557. The van der Waals surface area contributed by atoms with Gasteiger partial charge in [-0.3, -0.25) is 0 Å². The molecule has 1 saturated heterocycles. The predicted molar refractivity (Wildman–Crippen MR) is 68.2 cm³/mol. The molecule has 18 heavy (non-hydrogen) atoms. The molecule has 2 N–H and O–H groups in total. The van der Waals surface area contributed by atoms with Crippen molar-refractivity contribution >= 4 is 9.84 Å². The summed E-state index contributed by atoms with van der Waals surface area (Å²) in [5.74, 6) is 1.49. The lowest BCUT2D eigenvalue weighted by molar-refractivity contribution is 0.160. The minimum Gasteiger partial charge on any atom is -0.466 e. The Kier molecular flexibility index (Phi) is 3.53. The van der Waals surface area contributed by atoms with Crippen LogP contribution in [0.3, 0.4) is 0 Å². The molecule has 1 aliphatic rings. The number of sulfone groups is 1. The van der Waals surface area contributed by atoms with Crippen LogP contribution in [-0.2, 0) is 9.84 Å². The predicted octanol–water partition coefficient (Wildman–Crippen LogP) is 0.705. The largest absolute Gasteiger partial charge is 0.466 e. The van der Waals surface area contributed by atoms with Crippen LogP contribution in [0.1, 0.15) is 30.0 Å². The molecule has 0 spiro atoms. The first-order valence-corrected chi connectivity index (χ1v) is 7.82. The Morgan fingerprint density at radius 1 is 1.44 bits per heavy atom. The molecular formula is C12H19NO4S. The second-order valence-electron chi connectivity index (χ2n) is 5.01. The van der Waals surface area contributed by atoms with Crippen LogP contribution >= 0.6 is 0 Å². The van der Waals surface area contributed by atoms with E-state index < -0.39 is 22.0 Å². The lowest BCUT2D eigenvalue weighted by atomic mass is 10.1. The number of aliphatic hydroxyl groups is 1. The lowest BCUT2D eigenvalue weighted by Crippen LogP contribution is -2.40. The summed E-state index contributed by atoms with van der Waals surface area (Å²) in [7, 11) is -3.11. The number of nitrogens with one attached hydrogen (secondary N) is 1. The molecule has 0 saturated carbocycles. The Morgan fingerprint density at radius 2 is 2.11 bits per heavy atom. The molecule has 1 aliphatic heterocycles. The maximum Gasteiger partial charge on any atom is 0.154 e. The summed E-state index contributed by atoms with van der Waals surface area (Å²) < 4.78 is 28.3. The van der Waals surface area contributed by atoms with Gasteiger partial charge in [-0.15, -0.1) is 0 Å². The maximum absolute atomic E-state index is 11.4. The van der Waals surface area contributed by atoms with Crippen LogP contribution in [0.5, 0.6) is 0 Å². The van der Waals surface area contributed by atoms with E-state index in [1.54, 1.807) is 0 Å². The van der Waals surface area contributed by atoms with Gasteiger partial charge in [-0.2, -0.15) is 0 Å². The van der Waals surface area contributed by atoms with Crippen molar-refractivity contribution in [3.63, 3.8) is 0 Å². The van der Waals surface area contributed by atoms with E-state index in [0.717, 1.165) is 17.1 Å². The Hall–Kier alpha value is -0.850. The van der Waals surface area contributed by atoms with Crippen LogP contribution in [0.25, 0.3) is 0 Å². The molecule has 0 aromatic carbocycles. The summed E-state index contributed by atoms with van der Waals surface area (Å²) in [6, 6.07) is 1.48. The zero-order valence-corrected chi connectivity index (χ0v) is 11.6. The van der Waals surface area contributed by atoms with E-state index in [9.17, 15) is 13.5 Å². The molecule has 0 aliphatic carbocycles. The number of hydrogen-bond acceptors (Lipinski definition) is 5. The summed E-state index contributed by atoms with van der Waals surface area (Å²) in [5.41, 5.74) is 1.00. The number of hydrogen-bond donors (Lipinski definition) is 2. The molecule has 0 amide bonds. The molecular weight excluding hydrogens is 254 g/mol. The fourth-order valence-corrected chi connectivity index (χ4v) is 4.23. The van der Waals surface area contributed by atoms with Crippen molar-refractivity contribution < 1.29 is 17.9 Å². The molecule has 3 unspecified atom stereocenters. The molecule has 2 heterocycles. The van der Waals surface area contributed by atoms with Crippen LogP contribution in [0, 0.1) is 13.8 Å². The third kappa shape index (κ3) is 2.76. The standard InChI is InChI=1S/C12H19NO4S/c1-7-4-10(9(3)17-7)8(2)13-11-5-18(15,16)6-12(11)14/h4,8,11-14H,5-6H2,1-3H3. The second-order valence-corrected chi connectivity index (χ2v) is 7.16. The van der Waals surface area contributed by atoms with Gasteiger partial charge in [0.1, 0.15) is 11.5 Å². The molecule has 6 heteroatoms. The van der Waals surface area contributed by atoms with Crippen molar-refractivity contribution in [3.8, 4) is 0 Å². The van der Waals surface area contributed by atoms with Crippen molar-refractivity contribution in [2.24, 2.45) is 0 Å². The summed E-state index contributed by atoms with van der Waals surface area (Å²) in [6.45, 7) is 5.69. The first-order valence-electron chi connectivity index (χ1n) is 6.00. The Labute approximate surface area is 107 Å². The van der Waals surface area contributed by atoms with Gasteiger partial charge in [-0.1, -0.05) is 0 Å². The summed E-state index contributed by atoms with van der Waals surface area (Å²) in [5, 5.41) is 12.9. The van der Waals surface area contributed by atoms with Gasteiger partial charge in [0.2, 0.25) is 0 Å². The fraction of sp³-hybridized carbons (Fsp3) is 0.667. The van der Waals surface area contributed by atoms with Crippen molar-refractivity contribution in [1.82, 2.24) is 5.32 Å². The summed E-state index contributed by atoms with van der Waals surface area (Å²) in [6.07, 6.45) is -0.828. The van der Waals surface area contributed by atoms with Crippen LogP contribution < -0.4 is 5.32 Å². The van der Waals surface area contributed by atoms with E-state index in [0.29, 0.717) is 0 Å². The van der Waals surface area contributed by atoms with Crippen molar-refractivity contribution in [3.05, 3.63) is 23.2 Å². The van der Waals surface area contributed by atoms with Gasteiger partial charge in [0.05, 0.1) is 17.6 Å². The monoisotopic (exact) mass is 273 g/mol. The van der Waals surface area contributed by atoms with Gasteiger partial charge in [0.15, 0.2) is 9.84 Å². The normalized spacial score (nSPS) is 28.4. The molecule has 0 radical (unpaired) electrons. The Morgan fingerprint density at radius 3 is 2.56 bits per heavy atom. The van der Waals surface area contributed by atoms with E-state index >= 15 is 0 Å².